The van der Waals surface area contributed by atoms with Gasteiger partial charge in [0.1, 0.15) is 0 Å². The van der Waals surface area contributed by atoms with Crippen molar-refractivity contribution in [2.75, 3.05) is 5.73 Å². The molecule has 0 aromatic carbocycles. The van der Waals surface area contributed by atoms with Crippen LogP contribution in [0, 0.1) is 5.82 Å². The van der Waals surface area contributed by atoms with Gasteiger partial charge in [-0.15, -0.1) is 0 Å². The van der Waals surface area contributed by atoms with E-state index in [9.17, 15) is 9.18 Å². The van der Waals surface area contributed by atoms with Crippen LogP contribution in [-0.4, -0.2) is 21.7 Å². The summed E-state index contributed by atoms with van der Waals surface area (Å²) in [6.45, 7) is 0.261. The second kappa shape index (κ2) is 5.86. The zero-order chi connectivity index (χ0) is 15.7. The summed E-state index contributed by atoms with van der Waals surface area (Å²) >= 11 is 0. The van der Waals surface area contributed by atoms with Gasteiger partial charge < -0.3 is 16.2 Å². The number of halogens is 1. The molecule has 6 nitrogen and oxygen atoms in total. The maximum absolute atomic E-state index is 13.8. The van der Waals surface area contributed by atoms with Crippen molar-refractivity contribution in [1.29, 1.82) is 0 Å². The summed E-state index contributed by atoms with van der Waals surface area (Å²) in [6.07, 6.45) is 4.80. The lowest BCUT2D eigenvalue weighted by molar-refractivity contribution is -0.0247. The fraction of sp³-hybridized carbons (Fsp3) is 0.333. The van der Waals surface area contributed by atoms with E-state index in [2.05, 4.69) is 4.98 Å². The molecule has 0 amide bonds. The number of aromatic nitrogens is 2. The number of nitrogens with two attached hydrogens (primary N) is 2. The number of anilines is 1. The molecule has 1 aliphatic carbocycles. The van der Waals surface area contributed by atoms with Crippen molar-refractivity contribution < 1.29 is 9.13 Å². The van der Waals surface area contributed by atoms with Crippen LogP contribution in [0.1, 0.15) is 18.4 Å². The molecule has 2 aromatic heterocycles. The third kappa shape index (κ3) is 2.72. The zero-order valence-corrected chi connectivity index (χ0v) is 11.9. The molecule has 7 heteroatoms. The predicted molar refractivity (Wildman–Crippen MR) is 80.0 cm³/mol. The van der Waals surface area contributed by atoms with Crippen molar-refractivity contribution in [3.8, 4) is 5.82 Å². The highest BCUT2D eigenvalue weighted by Crippen LogP contribution is 2.22. The molecular formula is C15H17FN4O2. The van der Waals surface area contributed by atoms with E-state index in [1.165, 1.54) is 30.6 Å². The Labute approximate surface area is 126 Å². The molecule has 0 bridgehead atoms. The molecule has 3 rings (SSSR count). The number of nitrogen functional groups attached to an aromatic ring is 1. The lowest BCUT2D eigenvalue weighted by atomic mass is 9.90. The molecular weight excluding hydrogens is 287 g/mol. The maximum atomic E-state index is 13.8. The first kappa shape index (κ1) is 14.7. The molecule has 22 heavy (non-hydrogen) atoms. The number of nitrogens with zero attached hydrogens (tertiary/aromatic N) is 2. The van der Waals surface area contributed by atoms with Crippen molar-refractivity contribution in [1.82, 2.24) is 9.55 Å². The Morgan fingerprint density at radius 2 is 2.27 bits per heavy atom. The smallest absolute Gasteiger partial charge is 0.279 e. The van der Waals surface area contributed by atoms with Gasteiger partial charge >= 0.3 is 0 Å². The van der Waals surface area contributed by atoms with Gasteiger partial charge in [-0.2, -0.15) is 0 Å². The van der Waals surface area contributed by atoms with Crippen LogP contribution in [0.15, 0.2) is 35.4 Å². The first-order valence-corrected chi connectivity index (χ1v) is 7.05. The van der Waals surface area contributed by atoms with Crippen molar-refractivity contribution in [2.24, 2.45) is 5.73 Å². The van der Waals surface area contributed by atoms with Gasteiger partial charge in [0.15, 0.2) is 11.6 Å². The van der Waals surface area contributed by atoms with E-state index < -0.39 is 11.4 Å². The van der Waals surface area contributed by atoms with Gasteiger partial charge in [0.25, 0.3) is 5.56 Å². The average molecular weight is 304 g/mol. The van der Waals surface area contributed by atoms with Crippen LogP contribution in [0.25, 0.3) is 5.82 Å². The minimum absolute atomic E-state index is 0.0176. The summed E-state index contributed by atoms with van der Waals surface area (Å²) < 4.78 is 20.6. The van der Waals surface area contributed by atoms with E-state index in [1.54, 1.807) is 0 Å². The van der Waals surface area contributed by atoms with Gasteiger partial charge in [-0.05, 0) is 36.6 Å². The lowest BCUT2D eigenvalue weighted by Crippen LogP contribution is -2.45. The van der Waals surface area contributed by atoms with Crippen LogP contribution < -0.4 is 17.0 Å². The Kier molecular flexibility index (Phi) is 3.91. The second-order valence-corrected chi connectivity index (χ2v) is 5.38. The molecule has 2 heterocycles. The van der Waals surface area contributed by atoms with Crippen LogP contribution in [0.2, 0.25) is 0 Å². The van der Waals surface area contributed by atoms with Crippen LogP contribution in [0.4, 0.5) is 10.1 Å². The number of rotatable bonds is 4. The standard InChI is InChI=1S/C15H17FN4O2/c16-10-2-1-5-19-14(10)20-7-9(6-12(18)15(20)21)8-22-13-4-3-11(13)17/h1-2,5-7,11,13H,3-4,8,17-18H2/t11-,13-/m1/s1. The monoisotopic (exact) mass is 304 g/mol. The van der Waals surface area contributed by atoms with Crippen molar-refractivity contribution >= 4 is 5.69 Å². The van der Waals surface area contributed by atoms with Crippen LogP contribution in [0.3, 0.4) is 0 Å². The fourth-order valence-electron chi connectivity index (χ4n) is 2.36. The van der Waals surface area contributed by atoms with E-state index in [0.29, 0.717) is 5.56 Å². The molecule has 4 N–H and O–H groups in total. The Morgan fingerprint density at radius 1 is 1.45 bits per heavy atom. The fourth-order valence-corrected chi connectivity index (χ4v) is 2.36. The van der Waals surface area contributed by atoms with Crippen molar-refractivity contribution in [3.63, 3.8) is 0 Å². The van der Waals surface area contributed by atoms with E-state index in [0.717, 1.165) is 17.4 Å². The minimum atomic E-state index is -0.594. The normalized spacial score (nSPS) is 20.6. The summed E-state index contributed by atoms with van der Waals surface area (Å²) in [4.78, 5) is 16.0. The predicted octanol–water partition coefficient (Wildman–Crippen LogP) is 0.960. The van der Waals surface area contributed by atoms with Gasteiger partial charge in [-0.3, -0.25) is 9.36 Å². The molecule has 116 valence electrons. The van der Waals surface area contributed by atoms with E-state index in [-0.39, 0.29) is 30.3 Å². The molecule has 0 radical (unpaired) electrons. The minimum Gasteiger partial charge on any atom is -0.394 e. The van der Waals surface area contributed by atoms with Crippen LogP contribution >= 0.6 is 0 Å². The SMILES string of the molecule is Nc1cc(CO[C@@H]2CC[C@H]2N)cn(-c2ncccc2F)c1=O. The summed E-state index contributed by atoms with van der Waals surface area (Å²) in [7, 11) is 0. The van der Waals surface area contributed by atoms with Crippen LogP contribution in [-0.2, 0) is 11.3 Å². The van der Waals surface area contributed by atoms with E-state index >= 15 is 0 Å². The Morgan fingerprint density at radius 3 is 2.91 bits per heavy atom. The molecule has 2 aromatic rings. The summed E-state index contributed by atoms with van der Waals surface area (Å²) in [5, 5.41) is 0. The Bertz CT molecular complexity index is 747. The molecule has 0 saturated heterocycles. The van der Waals surface area contributed by atoms with Gasteiger partial charge in [-0.25, -0.2) is 9.37 Å². The first-order valence-electron chi connectivity index (χ1n) is 7.05. The van der Waals surface area contributed by atoms with Crippen molar-refractivity contribution in [2.45, 2.75) is 31.6 Å². The quantitative estimate of drug-likeness (QED) is 0.877. The molecule has 0 spiro atoms. The highest BCUT2D eigenvalue weighted by Gasteiger charge is 2.28. The zero-order valence-electron chi connectivity index (χ0n) is 11.9. The van der Waals surface area contributed by atoms with E-state index in [1.807, 2.05) is 0 Å². The molecule has 1 fully saturated rings. The van der Waals surface area contributed by atoms with Gasteiger partial charge in [0.05, 0.1) is 18.4 Å². The van der Waals surface area contributed by atoms with Gasteiger partial charge in [0.2, 0.25) is 0 Å². The highest BCUT2D eigenvalue weighted by molar-refractivity contribution is 5.41. The van der Waals surface area contributed by atoms with E-state index in [4.69, 9.17) is 16.2 Å². The van der Waals surface area contributed by atoms with Gasteiger partial charge in [-0.1, -0.05) is 0 Å². The Balaban J connectivity index is 1.90. The maximum Gasteiger partial charge on any atom is 0.279 e. The topological polar surface area (TPSA) is 96.2 Å². The molecule has 0 aliphatic heterocycles. The molecule has 0 unspecified atom stereocenters. The number of ether oxygens (including phenoxy) is 1. The number of pyridine rings is 2. The number of hydrogen-bond acceptors (Lipinski definition) is 5. The first-order chi connectivity index (χ1) is 10.6. The van der Waals surface area contributed by atoms with Crippen molar-refractivity contribution in [3.05, 3.63) is 52.3 Å². The summed E-state index contributed by atoms with van der Waals surface area (Å²) in [6, 6.07) is 4.28. The summed E-state index contributed by atoms with van der Waals surface area (Å²) in [5.41, 5.74) is 11.7. The van der Waals surface area contributed by atoms with Crippen LogP contribution in [0.5, 0.6) is 0 Å². The molecule has 2 atom stereocenters. The average Bonchev–Trinajstić information content (AvgIpc) is 2.50. The summed E-state index contributed by atoms with van der Waals surface area (Å²) in [5.74, 6) is -0.676. The van der Waals surface area contributed by atoms with Gasteiger partial charge in [0, 0.05) is 18.4 Å². The largest absolute Gasteiger partial charge is 0.394 e. The molecule has 1 aliphatic rings. The second-order valence-electron chi connectivity index (χ2n) is 5.38. The Hall–Kier alpha value is -2.25. The third-order valence-electron chi connectivity index (χ3n) is 3.79. The lowest BCUT2D eigenvalue weighted by Gasteiger charge is -2.33. The molecule has 1 saturated carbocycles. The highest BCUT2D eigenvalue weighted by atomic mass is 19.1. The number of hydrogen-bond donors (Lipinski definition) is 2. The third-order valence-corrected chi connectivity index (χ3v) is 3.79.